The van der Waals surface area contributed by atoms with Crippen LogP contribution in [-0.2, 0) is 33.4 Å². The van der Waals surface area contributed by atoms with E-state index in [0.717, 1.165) is 64.2 Å². The molecule has 2 amide bonds. The van der Waals surface area contributed by atoms with E-state index in [1.165, 1.54) is 0 Å². The van der Waals surface area contributed by atoms with Crippen LogP contribution in [0.2, 0.25) is 0 Å². The lowest BCUT2D eigenvalue weighted by molar-refractivity contribution is -0.138. The zero-order valence-corrected chi connectivity index (χ0v) is 25.3. The molecule has 4 N–H and O–H groups in total. The third-order valence-corrected chi connectivity index (χ3v) is 6.47. The van der Waals surface area contributed by atoms with Gasteiger partial charge in [0, 0.05) is 52.0 Å². The Bertz CT molecular complexity index is 676. The van der Waals surface area contributed by atoms with Gasteiger partial charge in [-0.2, -0.15) is 0 Å². The third-order valence-electron chi connectivity index (χ3n) is 6.47. The summed E-state index contributed by atoms with van der Waals surface area (Å²) in [5.41, 5.74) is 0. The topological polar surface area (TPSA) is 160 Å². The molecule has 240 valence electrons. The Labute approximate surface area is 246 Å². The van der Waals surface area contributed by atoms with Crippen LogP contribution in [0.4, 0.5) is 0 Å². The van der Waals surface area contributed by atoms with Crippen molar-refractivity contribution in [3.05, 3.63) is 0 Å². The fourth-order valence-electron chi connectivity index (χ4n) is 3.97. The fourth-order valence-corrected chi connectivity index (χ4v) is 3.97. The zero-order valence-electron chi connectivity index (χ0n) is 25.3. The number of amides is 2. The first-order valence-electron chi connectivity index (χ1n) is 15.6. The number of carboxylic acids is 2. The maximum Gasteiger partial charge on any atom is 0.303 e. The molecule has 0 saturated carbocycles. The molecule has 11 nitrogen and oxygen atoms in total. The number of rotatable bonds is 31. The van der Waals surface area contributed by atoms with Gasteiger partial charge in [0.05, 0.1) is 25.9 Å². The molecule has 0 bridgehead atoms. The second-order valence-corrected chi connectivity index (χ2v) is 10.3. The number of carboxylic acid groups (broad SMARTS) is 2. The van der Waals surface area contributed by atoms with Gasteiger partial charge in [-0.3, -0.25) is 19.2 Å². The minimum Gasteiger partial charge on any atom is -0.481 e. The summed E-state index contributed by atoms with van der Waals surface area (Å²) >= 11 is 0. The first kappa shape index (κ1) is 38.8. The van der Waals surface area contributed by atoms with Gasteiger partial charge in [-0.1, -0.05) is 51.9 Å². The van der Waals surface area contributed by atoms with Crippen LogP contribution in [0.3, 0.4) is 0 Å². The molecule has 11 heteroatoms. The van der Waals surface area contributed by atoms with E-state index in [1.54, 1.807) is 0 Å². The summed E-state index contributed by atoms with van der Waals surface area (Å²) in [5.74, 6) is -1.59. The highest BCUT2D eigenvalue weighted by molar-refractivity contribution is 5.76. The van der Waals surface area contributed by atoms with Crippen LogP contribution < -0.4 is 10.6 Å². The van der Waals surface area contributed by atoms with Crippen LogP contribution >= 0.6 is 0 Å². The average Bonchev–Trinajstić information content (AvgIpc) is 2.93. The normalized spacial score (nSPS) is 11.7. The molecule has 0 saturated heterocycles. The molecule has 0 fully saturated rings. The summed E-state index contributed by atoms with van der Waals surface area (Å²) in [6.45, 7) is 5.48. The molecule has 1 atom stereocenters. The lowest BCUT2D eigenvalue weighted by Gasteiger charge is -2.18. The Morgan fingerprint density at radius 3 is 1.59 bits per heavy atom. The molecule has 0 spiro atoms. The SMILES string of the molecule is CCCCOC(CCOCCC(=O)NCCCCCCCC(=O)O)COCCC(=O)NCCCCCCCC(=O)O. The molecule has 0 aromatic rings. The van der Waals surface area contributed by atoms with Crippen LogP contribution in [-0.4, -0.2) is 86.2 Å². The monoisotopic (exact) mass is 588 g/mol. The molecule has 0 aliphatic carbocycles. The molecule has 41 heavy (non-hydrogen) atoms. The van der Waals surface area contributed by atoms with Crippen molar-refractivity contribution < 1.29 is 43.6 Å². The van der Waals surface area contributed by atoms with Crippen molar-refractivity contribution in [1.29, 1.82) is 0 Å². The fraction of sp³-hybridized carbons (Fsp3) is 0.867. The van der Waals surface area contributed by atoms with Crippen LogP contribution in [0, 0.1) is 0 Å². The molecule has 0 aliphatic rings. The summed E-state index contributed by atoms with van der Waals surface area (Å²) in [4.78, 5) is 44.9. The van der Waals surface area contributed by atoms with E-state index in [0.29, 0.717) is 71.8 Å². The maximum atomic E-state index is 12.0. The predicted molar refractivity (Wildman–Crippen MR) is 157 cm³/mol. The average molecular weight is 589 g/mol. The van der Waals surface area contributed by atoms with Gasteiger partial charge >= 0.3 is 11.9 Å². The molecule has 0 aromatic carbocycles. The van der Waals surface area contributed by atoms with E-state index in [2.05, 4.69) is 17.6 Å². The van der Waals surface area contributed by atoms with E-state index in [1.807, 2.05) is 0 Å². The van der Waals surface area contributed by atoms with Gasteiger partial charge in [-0.05, 0) is 38.5 Å². The number of ether oxygens (including phenoxy) is 3. The lowest BCUT2D eigenvalue weighted by atomic mass is 10.1. The standard InChI is InChI=1S/C30H56N2O9/c1-2-3-21-41-26(25-40-24-18-28(34)32-20-13-9-5-7-11-15-30(37)38)16-22-39-23-17-27(33)31-19-12-8-4-6-10-14-29(35)36/h26H,2-25H2,1H3,(H,31,33)(H,32,34)(H,35,36)(H,37,38). The van der Waals surface area contributed by atoms with Crippen LogP contribution in [0.15, 0.2) is 0 Å². The van der Waals surface area contributed by atoms with Crippen LogP contribution in [0.25, 0.3) is 0 Å². The molecular formula is C30H56N2O9. The van der Waals surface area contributed by atoms with E-state index in [9.17, 15) is 19.2 Å². The van der Waals surface area contributed by atoms with Crippen molar-refractivity contribution in [3.8, 4) is 0 Å². The Morgan fingerprint density at radius 2 is 1.07 bits per heavy atom. The summed E-state index contributed by atoms with van der Waals surface area (Å²) in [6.07, 6.45) is 12.4. The Morgan fingerprint density at radius 1 is 0.585 bits per heavy atom. The van der Waals surface area contributed by atoms with Crippen molar-refractivity contribution >= 4 is 23.8 Å². The molecule has 1 unspecified atom stereocenters. The van der Waals surface area contributed by atoms with Crippen molar-refractivity contribution in [2.75, 3.05) is 46.1 Å². The Kier molecular flexibility index (Phi) is 27.7. The van der Waals surface area contributed by atoms with Crippen molar-refractivity contribution in [2.45, 2.75) is 122 Å². The van der Waals surface area contributed by atoms with Gasteiger partial charge in [0.15, 0.2) is 0 Å². The highest BCUT2D eigenvalue weighted by atomic mass is 16.5. The van der Waals surface area contributed by atoms with Crippen molar-refractivity contribution in [2.24, 2.45) is 0 Å². The molecule has 0 radical (unpaired) electrons. The summed E-state index contributed by atoms with van der Waals surface area (Å²) in [5, 5.41) is 23.0. The van der Waals surface area contributed by atoms with Crippen LogP contribution in [0.5, 0.6) is 0 Å². The number of unbranched alkanes of at least 4 members (excludes halogenated alkanes) is 9. The number of carbonyl (C=O) groups excluding carboxylic acids is 2. The van der Waals surface area contributed by atoms with Crippen LogP contribution in [0.1, 0.15) is 116 Å². The van der Waals surface area contributed by atoms with Gasteiger partial charge in [-0.15, -0.1) is 0 Å². The molecule has 0 aromatic heterocycles. The van der Waals surface area contributed by atoms with E-state index in [4.69, 9.17) is 24.4 Å². The maximum absolute atomic E-state index is 12.0. The second-order valence-electron chi connectivity index (χ2n) is 10.3. The van der Waals surface area contributed by atoms with Gasteiger partial charge in [0.1, 0.15) is 0 Å². The van der Waals surface area contributed by atoms with E-state index in [-0.39, 0.29) is 37.2 Å². The first-order chi connectivity index (χ1) is 19.8. The van der Waals surface area contributed by atoms with E-state index >= 15 is 0 Å². The summed E-state index contributed by atoms with van der Waals surface area (Å²) in [7, 11) is 0. The highest BCUT2D eigenvalue weighted by Crippen LogP contribution is 2.07. The minimum absolute atomic E-state index is 0.0380. The van der Waals surface area contributed by atoms with Crippen molar-refractivity contribution in [1.82, 2.24) is 10.6 Å². The van der Waals surface area contributed by atoms with Gasteiger partial charge in [0.2, 0.25) is 11.8 Å². The first-order valence-corrected chi connectivity index (χ1v) is 15.6. The van der Waals surface area contributed by atoms with Crippen molar-refractivity contribution in [3.63, 3.8) is 0 Å². The molecule has 0 heterocycles. The second kappa shape index (κ2) is 29.3. The number of carbonyl (C=O) groups is 4. The van der Waals surface area contributed by atoms with Gasteiger partial charge in [0.25, 0.3) is 0 Å². The number of hydrogen-bond acceptors (Lipinski definition) is 7. The summed E-state index contributed by atoms with van der Waals surface area (Å²) < 4.78 is 17.3. The highest BCUT2D eigenvalue weighted by Gasteiger charge is 2.11. The molecule has 0 aliphatic heterocycles. The summed E-state index contributed by atoms with van der Waals surface area (Å²) in [6, 6.07) is 0. The van der Waals surface area contributed by atoms with E-state index < -0.39 is 11.9 Å². The van der Waals surface area contributed by atoms with Gasteiger partial charge < -0.3 is 35.1 Å². The smallest absolute Gasteiger partial charge is 0.303 e. The minimum atomic E-state index is -0.753. The quantitative estimate of drug-likeness (QED) is 0.0857. The third kappa shape index (κ3) is 30.5. The lowest BCUT2D eigenvalue weighted by Crippen LogP contribution is -2.27. The largest absolute Gasteiger partial charge is 0.481 e. The number of nitrogens with one attached hydrogen (secondary N) is 2. The molecule has 0 rings (SSSR count). The zero-order chi connectivity index (χ0) is 30.4. The molecular weight excluding hydrogens is 532 g/mol. The van der Waals surface area contributed by atoms with Gasteiger partial charge in [-0.25, -0.2) is 0 Å². The predicted octanol–water partition coefficient (Wildman–Crippen LogP) is 4.46. The Balaban J connectivity index is 3.82. The number of aliphatic carboxylic acids is 2. The Hall–Kier alpha value is -2.24. The number of hydrogen-bond donors (Lipinski definition) is 4.